The van der Waals surface area contributed by atoms with Crippen molar-refractivity contribution in [1.29, 1.82) is 0 Å². The lowest BCUT2D eigenvalue weighted by atomic mass is 10.0. The number of nitrogens with zero attached hydrogens (tertiary/aromatic N) is 2. The molecule has 1 unspecified atom stereocenters. The minimum Gasteiger partial charge on any atom is -0.481 e. The maximum atomic E-state index is 10.9. The summed E-state index contributed by atoms with van der Waals surface area (Å²) in [5, 5.41) is 13.1. The summed E-state index contributed by atoms with van der Waals surface area (Å²) in [7, 11) is 1.89. The van der Waals surface area contributed by atoms with Crippen molar-refractivity contribution in [2.45, 2.75) is 23.5 Å². The van der Waals surface area contributed by atoms with Crippen LogP contribution in [0.25, 0.3) is 0 Å². The second-order valence-electron chi connectivity index (χ2n) is 4.44. The molecule has 1 aromatic carbocycles. The fourth-order valence-electron chi connectivity index (χ4n) is 1.69. The number of rotatable bonds is 5. The van der Waals surface area contributed by atoms with E-state index in [2.05, 4.69) is 5.10 Å². The summed E-state index contributed by atoms with van der Waals surface area (Å²) in [5.74, 6) is -0.398. The first-order valence-electron chi connectivity index (χ1n) is 5.99. The molecule has 0 fully saturated rings. The van der Waals surface area contributed by atoms with Gasteiger partial charge in [0.05, 0.1) is 12.1 Å². The molecule has 2 rings (SSSR count). The molecular weight excluding hydrogens is 260 g/mol. The SMILES string of the molecule is CC(C(=O)O)c1ccc(CSc2cnn(C)c2)cc1. The minimum absolute atomic E-state index is 0.458. The highest BCUT2D eigenvalue weighted by molar-refractivity contribution is 7.98. The van der Waals surface area contributed by atoms with E-state index in [1.54, 1.807) is 23.4 Å². The topological polar surface area (TPSA) is 55.1 Å². The van der Waals surface area contributed by atoms with Crippen LogP contribution in [0.15, 0.2) is 41.6 Å². The molecule has 100 valence electrons. The summed E-state index contributed by atoms with van der Waals surface area (Å²) < 4.78 is 1.78. The van der Waals surface area contributed by atoms with Crippen molar-refractivity contribution < 1.29 is 9.90 Å². The molecule has 0 bridgehead atoms. The second-order valence-corrected chi connectivity index (χ2v) is 5.49. The monoisotopic (exact) mass is 276 g/mol. The van der Waals surface area contributed by atoms with Gasteiger partial charge in [-0.15, -0.1) is 11.8 Å². The number of carboxylic acid groups (broad SMARTS) is 1. The van der Waals surface area contributed by atoms with E-state index in [-0.39, 0.29) is 0 Å². The third kappa shape index (κ3) is 3.61. The Bertz CT molecular complexity index is 563. The molecule has 0 spiro atoms. The smallest absolute Gasteiger partial charge is 0.310 e. The minimum atomic E-state index is -0.794. The first-order valence-corrected chi connectivity index (χ1v) is 6.98. The van der Waals surface area contributed by atoms with Gasteiger partial charge < -0.3 is 5.11 Å². The van der Waals surface area contributed by atoms with Gasteiger partial charge in [0.2, 0.25) is 0 Å². The molecule has 5 heteroatoms. The van der Waals surface area contributed by atoms with Crippen LogP contribution in [-0.2, 0) is 17.6 Å². The fourth-order valence-corrected chi connectivity index (χ4v) is 2.56. The van der Waals surface area contributed by atoms with Crippen LogP contribution in [-0.4, -0.2) is 20.9 Å². The summed E-state index contributed by atoms with van der Waals surface area (Å²) in [4.78, 5) is 12.0. The molecule has 0 aliphatic rings. The zero-order valence-corrected chi connectivity index (χ0v) is 11.7. The number of aromatic nitrogens is 2. The molecular formula is C14H16N2O2S. The average molecular weight is 276 g/mol. The van der Waals surface area contributed by atoms with Crippen LogP contribution in [0.3, 0.4) is 0 Å². The van der Waals surface area contributed by atoms with Crippen LogP contribution in [0.4, 0.5) is 0 Å². The van der Waals surface area contributed by atoms with Crippen molar-refractivity contribution in [3.63, 3.8) is 0 Å². The maximum absolute atomic E-state index is 10.9. The Balaban J connectivity index is 1.97. The Kier molecular flexibility index (Phi) is 4.27. The molecule has 4 nitrogen and oxygen atoms in total. The Morgan fingerprint density at radius 2 is 2.11 bits per heavy atom. The first-order chi connectivity index (χ1) is 9.06. The lowest BCUT2D eigenvalue weighted by molar-refractivity contribution is -0.138. The summed E-state index contributed by atoms with van der Waals surface area (Å²) in [6, 6.07) is 7.74. The molecule has 1 atom stereocenters. The number of benzene rings is 1. The highest BCUT2D eigenvalue weighted by Crippen LogP contribution is 2.23. The van der Waals surface area contributed by atoms with Gasteiger partial charge in [0.1, 0.15) is 0 Å². The Labute approximate surface area is 116 Å². The summed E-state index contributed by atoms with van der Waals surface area (Å²) >= 11 is 1.72. The number of aryl methyl sites for hydroxylation is 1. The van der Waals surface area contributed by atoms with Crippen molar-refractivity contribution >= 4 is 17.7 Å². The standard InChI is InChI=1S/C14H16N2O2S/c1-10(14(17)18)12-5-3-11(4-6-12)9-19-13-7-15-16(2)8-13/h3-8,10H,9H2,1-2H3,(H,17,18). The lowest BCUT2D eigenvalue weighted by Gasteiger charge is -2.07. The molecule has 0 radical (unpaired) electrons. The van der Waals surface area contributed by atoms with E-state index in [4.69, 9.17) is 5.11 Å². The first kappa shape index (κ1) is 13.7. The molecule has 0 saturated carbocycles. The van der Waals surface area contributed by atoms with Crippen LogP contribution in [0.5, 0.6) is 0 Å². The molecule has 19 heavy (non-hydrogen) atoms. The van der Waals surface area contributed by atoms with E-state index >= 15 is 0 Å². The van der Waals surface area contributed by atoms with Crippen LogP contribution in [0, 0.1) is 0 Å². The van der Waals surface area contributed by atoms with E-state index in [0.29, 0.717) is 0 Å². The molecule has 0 aliphatic carbocycles. The molecule has 2 aromatic rings. The van der Waals surface area contributed by atoms with Gasteiger partial charge in [-0.05, 0) is 18.1 Å². The van der Waals surface area contributed by atoms with Crippen molar-refractivity contribution in [1.82, 2.24) is 9.78 Å². The summed E-state index contributed by atoms with van der Waals surface area (Å²) in [5.41, 5.74) is 2.01. The predicted octanol–water partition coefficient (Wildman–Crippen LogP) is 2.90. The van der Waals surface area contributed by atoms with Gasteiger partial charge in [-0.25, -0.2) is 0 Å². The van der Waals surface area contributed by atoms with Gasteiger partial charge >= 0.3 is 5.97 Å². The quantitative estimate of drug-likeness (QED) is 0.853. The fraction of sp³-hybridized carbons (Fsp3) is 0.286. The largest absolute Gasteiger partial charge is 0.481 e. The molecule has 0 saturated heterocycles. The number of thioether (sulfide) groups is 1. The number of hydrogen-bond donors (Lipinski definition) is 1. The molecule has 1 N–H and O–H groups in total. The third-order valence-electron chi connectivity index (χ3n) is 2.94. The Hall–Kier alpha value is -1.75. The molecule has 0 amide bonds. The van der Waals surface area contributed by atoms with Crippen LogP contribution < -0.4 is 0 Å². The van der Waals surface area contributed by atoms with Gasteiger partial charge in [-0.2, -0.15) is 5.10 Å². The van der Waals surface area contributed by atoms with E-state index in [9.17, 15) is 4.79 Å². The van der Waals surface area contributed by atoms with E-state index in [1.807, 2.05) is 43.7 Å². The van der Waals surface area contributed by atoms with Crippen molar-refractivity contribution in [2.75, 3.05) is 0 Å². The van der Waals surface area contributed by atoms with Gasteiger partial charge in [0, 0.05) is 23.9 Å². The zero-order chi connectivity index (χ0) is 13.8. The van der Waals surface area contributed by atoms with Gasteiger partial charge in [-0.3, -0.25) is 9.48 Å². The van der Waals surface area contributed by atoms with Crippen LogP contribution in [0.2, 0.25) is 0 Å². The average Bonchev–Trinajstić information content (AvgIpc) is 2.82. The van der Waals surface area contributed by atoms with E-state index in [1.165, 1.54) is 5.56 Å². The normalized spacial score (nSPS) is 12.3. The Morgan fingerprint density at radius 3 is 2.63 bits per heavy atom. The number of carbonyl (C=O) groups is 1. The van der Waals surface area contributed by atoms with Crippen LogP contribution in [0.1, 0.15) is 24.0 Å². The number of hydrogen-bond acceptors (Lipinski definition) is 3. The van der Waals surface area contributed by atoms with E-state index in [0.717, 1.165) is 16.2 Å². The predicted molar refractivity (Wildman–Crippen MR) is 75.3 cm³/mol. The highest BCUT2D eigenvalue weighted by atomic mass is 32.2. The molecule has 1 aromatic heterocycles. The maximum Gasteiger partial charge on any atom is 0.310 e. The van der Waals surface area contributed by atoms with Gasteiger partial charge in [0.25, 0.3) is 0 Å². The van der Waals surface area contributed by atoms with Gasteiger partial charge in [-0.1, -0.05) is 24.3 Å². The number of carboxylic acids is 1. The van der Waals surface area contributed by atoms with Crippen LogP contribution >= 0.6 is 11.8 Å². The summed E-state index contributed by atoms with van der Waals surface area (Å²) in [6.07, 6.45) is 3.82. The van der Waals surface area contributed by atoms with Crippen molar-refractivity contribution in [2.24, 2.45) is 7.05 Å². The lowest BCUT2D eigenvalue weighted by Crippen LogP contribution is -2.07. The van der Waals surface area contributed by atoms with Gasteiger partial charge in [0.15, 0.2) is 0 Å². The van der Waals surface area contributed by atoms with Crippen molar-refractivity contribution in [3.8, 4) is 0 Å². The third-order valence-corrected chi connectivity index (χ3v) is 3.96. The highest BCUT2D eigenvalue weighted by Gasteiger charge is 2.12. The molecule has 0 aliphatic heterocycles. The zero-order valence-electron chi connectivity index (χ0n) is 10.9. The summed E-state index contributed by atoms with van der Waals surface area (Å²) in [6.45, 7) is 1.70. The molecule has 1 heterocycles. The second kappa shape index (κ2) is 5.93. The van der Waals surface area contributed by atoms with Crippen molar-refractivity contribution in [3.05, 3.63) is 47.8 Å². The van der Waals surface area contributed by atoms with E-state index < -0.39 is 11.9 Å². The number of aliphatic carboxylic acids is 1. The Morgan fingerprint density at radius 1 is 1.42 bits per heavy atom.